The molecule has 4 heteroatoms. The van der Waals surface area contributed by atoms with E-state index in [1.54, 1.807) is 0 Å². The van der Waals surface area contributed by atoms with Crippen LogP contribution >= 0.6 is 24.8 Å². The van der Waals surface area contributed by atoms with Gasteiger partial charge >= 0.3 is 0 Å². The van der Waals surface area contributed by atoms with Crippen molar-refractivity contribution in [1.82, 2.24) is 9.80 Å². The number of rotatable bonds is 7. The van der Waals surface area contributed by atoms with Crippen molar-refractivity contribution in [2.45, 2.75) is 31.7 Å². The van der Waals surface area contributed by atoms with Crippen molar-refractivity contribution in [3.8, 4) is 0 Å². The molecule has 0 aromatic heterocycles. The molecule has 2 aromatic rings. The lowest BCUT2D eigenvalue weighted by molar-refractivity contribution is 0.170. The third-order valence-electron chi connectivity index (χ3n) is 5.21. The van der Waals surface area contributed by atoms with Crippen LogP contribution in [0, 0.1) is 0 Å². The normalized spacial score (nSPS) is 15.8. The summed E-state index contributed by atoms with van der Waals surface area (Å²) >= 11 is 0. The zero-order chi connectivity index (χ0) is 16.6. The van der Waals surface area contributed by atoms with Gasteiger partial charge in [0.1, 0.15) is 0 Å². The van der Waals surface area contributed by atoms with Gasteiger partial charge in [-0.3, -0.25) is 4.90 Å². The fourth-order valence-electron chi connectivity index (χ4n) is 3.68. The summed E-state index contributed by atoms with van der Waals surface area (Å²) in [6, 6.07) is 22.3. The molecule has 2 aromatic carbocycles. The van der Waals surface area contributed by atoms with Crippen LogP contribution in [0.3, 0.4) is 0 Å². The molecule has 0 bridgehead atoms. The summed E-state index contributed by atoms with van der Waals surface area (Å²) < 4.78 is 0. The Hall–Kier alpha value is -1.06. The summed E-state index contributed by atoms with van der Waals surface area (Å²) in [7, 11) is 2.28. The van der Waals surface area contributed by atoms with E-state index in [1.165, 1.54) is 50.0 Å². The first-order valence-electron chi connectivity index (χ1n) is 9.34. The quantitative estimate of drug-likeness (QED) is 0.633. The van der Waals surface area contributed by atoms with Crippen molar-refractivity contribution in [3.63, 3.8) is 0 Å². The molecule has 26 heavy (non-hydrogen) atoms. The smallest absolute Gasteiger partial charge is 0.0385 e. The molecule has 1 fully saturated rings. The maximum Gasteiger partial charge on any atom is 0.0385 e. The van der Waals surface area contributed by atoms with Crippen molar-refractivity contribution < 1.29 is 0 Å². The van der Waals surface area contributed by atoms with Gasteiger partial charge in [-0.1, -0.05) is 67.1 Å². The zero-order valence-electron chi connectivity index (χ0n) is 15.7. The summed E-state index contributed by atoms with van der Waals surface area (Å²) in [5.41, 5.74) is 2.83. The molecule has 0 saturated carbocycles. The SMILES string of the molecule is CN(CCN1CCCCC1)C(Cc1ccccc1)c1ccccc1.Cl.Cl. The van der Waals surface area contributed by atoms with Crippen molar-refractivity contribution in [2.24, 2.45) is 0 Å². The highest BCUT2D eigenvalue weighted by molar-refractivity contribution is 5.85. The van der Waals surface area contributed by atoms with Gasteiger partial charge in [0.25, 0.3) is 0 Å². The molecule has 1 saturated heterocycles. The summed E-state index contributed by atoms with van der Waals surface area (Å²) in [5.74, 6) is 0. The van der Waals surface area contributed by atoms with Crippen LogP contribution in [-0.4, -0.2) is 43.0 Å². The topological polar surface area (TPSA) is 6.48 Å². The predicted octanol–water partition coefficient (Wildman–Crippen LogP) is 5.23. The lowest BCUT2D eigenvalue weighted by Crippen LogP contribution is -2.38. The molecule has 0 radical (unpaired) electrons. The van der Waals surface area contributed by atoms with Gasteiger partial charge in [-0.2, -0.15) is 0 Å². The lowest BCUT2D eigenvalue weighted by Gasteiger charge is -2.32. The Kier molecular flexibility index (Phi) is 10.9. The first-order chi connectivity index (χ1) is 11.8. The van der Waals surface area contributed by atoms with E-state index >= 15 is 0 Å². The number of benzene rings is 2. The van der Waals surface area contributed by atoms with E-state index in [9.17, 15) is 0 Å². The number of halogens is 2. The third kappa shape index (κ3) is 6.92. The van der Waals surface area contributed by atoms with E-state index in [-0.39, 0.29) is 24.8 Å². The van der Waals surface area contributed by atoms with Gasteiger partial charge in [0.15, 0.2) is 0 Å². The number of hydrogen-bond acceptors (Lipinski definition) is 2. The van der Waals surface area contributed by atoms with Crippen LogP contribution in [0.5, 0.6) is 0 Å². The number of likely N-dealkylation sites (N-methyl/N-ethyl adjacent to an activating group) is 1. The van der Waals surface area contributed by atoms with E-state index in [0.717, 1.165) is 13.0 Å². The molecule has 1 aliphatic rings. The second kappa shape index (κ2) is 12.3. The molecule has 1 heterocycles. The molecular formula is C22H32Cl2N2. The van der Waals surface area contributed by atoms with Crippen LogP contribution in [0.4, 0.5) is 0 Å². The minimum Gasteiger partial charge on any atom is -0.302 e. The van der Waals surface area contributed by atoms with Gasteiger partial charge in [0, 0.05) is 19.1 Å². The Morgan fingerprint density at radius 1 is 0.846 bits per heavy atom. The molecule has 0 N–H and O–H groups in total. The van der Waals surface area contributed by atoms with E-state index in [4.69, 9.17) is 0 Å². The van der Waals surface area contributed by atoms with Crippen molar-refractivity contribution in [1.29, 1.82) is 0 Å². The van der Waals surface area contributed by atoms with E-state index < -0.39 is 0 Å². The first kappa shape index (κ1) is 23.0. The second-order valence-electron chi connectivity index (χ2n) is 7.00. The van der Waals surface area contributed by atoms with Gasteiger partial charge in [0.05, 0.1) is 0 Å². The van der Waals surface area contributed by atoms with Crippen LogP contribution < -0.4 is 0 Å². The lowest BCUT2D eigenvalue weighted by atomic mass is 9.97. The van der Waals surface area contributed by atoms with E-state index in [1.807, 2.05) is 0 Å². The van der Waals surface area contributed by atoms with Crippen molar-refractivity contribution in [2.75, 3.05) is 33.2 Å². The van der Waals surface area contributed by atoms with Crippen molar-refractivity contribution >= 4 is 24.8 Å². The molecule has 1 aliphatic heterocycles. The van der Waals surface area contributed by atoms with Gasteiger partial charge in [-0.15, -0.1) is 24.8 Å². The van der Waals surface area contributed by atoms with Crippen LogP contribution in [0.25, 0.3) is 0 Å². The maximum atomic E-state index is 2.63. The van der Waals surface area contributed by atoms with E-state index in [2.05, 4.69) is 77.5 Å². The molecule has 144 valence electrons. The highest BCUT2D eigenvalue weighted by Gasteiger charge is 2.19. The molecule has 2 nitrogen and oxygen atoms in total. The second-order valence-corrected chi connectivity index (χ2v) is 7.00. The predicted molar refractivity (Wildman–Crippen MR) is 117 cm³/mol. The number of hydrogen-bond donors (Lipinski definition) is 0. The molecule has 1 unspecified atom stereocenters. The van der Waals surface area contributed by atoms with Crippen LogP contribution in [0.15, 0.2) is 60.7 Å². The highest BCUT2D eigenvalue weighted by Crippen LogP contribution is 2.24. The summed E-state index contributed by atoms with van der Waals surface area (Å²) in [4.78, 5) is 5.17. The molecule has 1 atom stereocenters. The molecule has 0 amide bonds. The van der Waals surface area contributed by atoms with Gasteiger partial charge in [-0.25, -0.2) is 0 Å². The number of likely N-dealkylation sites (tertiary alicyclic amines) is 1. The minimum absolute atomic E-state index is 0. The first-order valence-corrected chi connectivity index (χ1v) is 9.34. The summed E-state index contributed by atoms with van der Waals surface area (Å²) in [5, 5.41) is 0. The molecule has 0 aliphatic carbocycles. The third-order valence-corrected chi connectivity index (χ3v) is 5.21. The van der Waals surface area contributed by atoms with E-state index in [0.29, 0.717) is 6.04 Å². The van der Waals surface area contributed by atoms with Gasteiger partial charge in [-0.05, 0) is 50.5 Å². The Morgan fingerprint density at radius 3 is 2.04 bits per heavy atom. The Labute approximate surface area is 171 Å². The summed E-state index contributed by atoms with van der Waals surface area (Å²) in [6.45, 7) is 4.88. The van der Waals surface area contributed by atoms with Crippen molar-refractivity contribution in [3.05, 3.63) is 71.8 Å². The fourth-order valence-corrected chi connectivity index (χ4v) is 3.68. The Balaban J connectivity index is 0.00000169. The Morgan fingerprint density at radius 2 is 1.42 bits per heavy atom. The van der Waals surface area contributed by atoms with Crippen LogP contribution in [0.2, 0.25) is 0 Å². The maximum absolute atomic E-state index is 2.63. The Bertz CT molecular complexity index is 586. The number of nitrogens with zero attached hydrogens (tertiary/aromatic N) is 2. The summed E-state index contributed by atoms with van der Waals surface area (Å²) in [6.07, 6.45) is 5.22. The van der Waals surface area contributed by atoms with Crippen LogP contribution in [-0.2, 0) is 6.42 Å². The molecular weight excluding hydrogens is 363 g/mol. The monoisotopic (exact) mass is 394 g/mol. The zero-order valence-corrected chi connectivity index (χ0v) is 17.4. The molecule has 0 spiro atoms. The van der Waals surface area contributed by atoms with Crippen LogP contribution in [0.1, 0.15) is 36.4 Å². The average molecular weight is 395 g/mol. The number of piperidine rings is 1. The highest BCUT2D eigenvalue weighted by atomic mass is 35.5. The minimum atomic E-state index is 0. The van der Waals surface area contributed by atoms with Gasteiger partial charge in [0.2, 0.25) is 0 Å². The molecule has 3 rings (SSSR count). The van der Waals surface area contributed by atoms with Gasteiger partial charge < -0.3 is 4.90 Å². The standard InChI is InChI=1S/C22H30N2.2ClH/c1-23(17-18-24-15-9-4-10-16-24)22(21-13-7-3-8-14-21)19-20-11-5-2-6-12-20;;/h2-3,5-8,11-14,22H,4,9-10,15-19H2,1H3;2*1H. The largest absolute Gasteiger partial charge is 0.302 e. The fraction of sp³-hybridized carbons (Fsp3) is 0.455. The average Bonchev–Trinajstić information content (AvgIpc) is 2.66.